The van der Waals surface area contributed by atoms with Gasteiger partial charge in [-0.3, -0.25) is 0 Å². The lowest BCUT2D eigenvalue weighted by molar-refractivity contribution is 0.0697. The third-order valence-electron chi connectivity index (χ3n) is 3.74. The Morgan fingerprint density at radius 2 is 1.95 bits per heavy atom. The molecule has 1 aromatic carbocycles. The highest BCUT2D eigenvalue weighted by Gasteiger charge is 2.20. The summed E-state index contributed by atoms with van der Waals surface area (Å²) in [6, 6.07) is 8.97. The summed E-state index contributed by atoms with van der Waals surface area (Å²) in [5.74, 6) is -0.879. The second-order valence-electron chi connectivity index (χ2n) is 5.37. The van der Waals surface area contributed by atoms with Crippen LogP contribution < -0.4 is 0 Å². The Morgan fingerprint density at radius 1 is 1.27 bits per heavy atom. The standard InChI is InChI=1S/C10H21NO.C7H6O2.ClH/c1-2-7-11-8-4-3-5-10(11)6-9-12;8-7(9)6-4-2-1-3-5-6;/h10,12H,2-9H2,1H3;1-5H,(H,8,9);1H. The highest BCUT2D eigenvalue weighted by molar-refractivity contribution is 5.87. The van der Waals surface area contributed by atoms with Crippen LogP contribution in [0.25, 0.3) is 0 Å². The molecule has 1 aliphatic rings. The number of likely N-dealkylation sites (tertiary alicyclic amines) is 1. The zero-order chi connectivity index (χ0) is 15.5. The Balaban J connectivity index is 0.000000397. The van der Waals surface area contributed by atoms with Gasteiger partial charge in [0, 0.05) is 12.6 Å². The number of carboxylic acid groups (broad SMARTS) is 1. The van der Waals surface area contributed by atoms with E-state index in [1.54, 1.807) is 30.3 Å². The number of carbonyl (C=O) groups is 1. The van der Waals surface area contributed by atoms with Gasteiger partial charge in [-0.2, -0.15) is 0 Å². The largest absolute Gasteiger partial charge is 0.478 e. The molecule has 0 saturated carbocycles. The molecule has 1 aliphatic heterocycles. The number of hydrogen-bond acceptors (Lipinski definition) is 3. The van der Waals surface area contributed by atoms with Crippen LogP contribution >= 0.6 is 12.4 Å². The highest BCUT2D eigenvalue weighted by Crippen LogP contribution is 2.19. The number of aliphatic hydroxyl groups is 1. The Hall–Kier alpha value is -1.10. The third kappa shape index (κ3) is 7.78. The van der Waals surface area contributed by atoms with Gasteiger partial charge in [0.1, 0.15) is 0 Å². The maximum atomic E-state index is 10.2. The van der Waals surface area contributed by atoms with Gasteiger partial charge in [0.15, 0.2) is 0 Å². The molecule has 1 saturated heterocycles. The third-order valence-corrected chi connectivity index (χ3v) is 3.74. The molecule has 1 unspecified atom stereocenters. The van der Waals surface area contributed by atoms with Gasteiger partial charge in [-0.15, -0.1) is 12.4 Å². The van der Waals surface area contributed by atoms with Gasteiger partial charge in [-0.1, -0.05) is 31.5 Å². The minimum atomic E-state index is -0.879. The molecule has 0 spiro atoms. The van der Waals surface area contributed by atoms with Crippen LogP contribution in [0.5, 0.6) is 0 Å². The molecule has 0 bridgehead atoms. The Bertz CT molecular complexity index is 382. The number of aromatic carboxylic acids is 1. The van der Waals surface area contributed by atoms with E-state index in [0.717, 1.165) is 6.42 Å². The van der Waals surface area contributed by atoms with Crippen molar-refractivity contribution in [3.8, 4) is 0 Å². The molecular formula is C17H28ClNO3. The second kappa shape index (κ2) is 12.4. The molecule has 1 aromatic rings. The van der Waals surface area contributed by atoms with E-state index < -0.39 is 5.97 Å². The van der Waals surface area contributed by atoms with Crippen LogP contribution in [-0.4, -0.2) is 46.8 Å². The maximum Gasteiger partial charge on any atom is 0.335 e. The first-order valence-corrected chi connectivity index (χ1v) is 7.82. The summed E-state index contributed by atoms with van der Waals surface area (Å²) in [6.07, 6.45) is 6.20. The number of aliphatic hydroxyl groups excluding tert-OH is 1. The van der Waals surface area contributed by atoms with Crippen LogP contribution in [-0.2, 0) is 0 Å². The Morgan fingerprint density at radius 3 is 2.45 bits per heavy atom. The predicted octanol–water partition coefficient (Wildman–Crippen LogP) is 3.44. The van der Waals surface area contributed by atoms with E-state index >= 15 is 0 Å². The topological polar surface area (TPSA) is 60.8 Å². The highest BCUT2D eigenvalue weighted by atomic mass is 35.5. The van der Waals surface area contributed by atoms with Crippen LogP contribution in [0.15, 0.2) is 30.3 Å². The van der Waals surface area contributed by atoms with E-state index in [1.165, 1.54) is 38.8 Å². The molecule has 2 rings (SSSR count). The molecule has 0 amide bonds. The molecule has 126 valence electrons. The van der Waals surface area contributed by atoms with Gasteiger partial charge in [-0.25, -0.2) is 4.79 Å². The zero-order valence-corrected chi connectivity index (χ0v) is 14.1. The van der Waals surface area contributed by atoms with Gasteiger partial charge in [0.25, 0.3) is 0 Å². The summed E-state index contributed by atoms with van der Waals surface area (Å²) in [7, 11) is 0. The monoisotopic (exact) mass is 329 g/mol. The maximum absolute atomic E-state index is 10.2. The molecule has 5 heteroatoms. The molecule has 0 aromatic heterocycles. The molecule has 22 heavy (non-hydrogen) atoms. The van der Waals surface area contributed by atoms with E-state index in [1.807, 2.05) is 0 Å². The zero-order valence-electron chi connectivity index (χ0n) is 13.3. The first kappa shape index (κ1) is 20.9. The van der Waals surface area contributed by atoms with E-state index in [0.29, 0.717) is 18.2 Å². The number of carboxylic acids is 1. The molecule has 1 heterocycles. The van der Waals surface area contributed by atoms with Gasteiger partial charge in [0.2, 0.25) is 0 Å². The fourth-order valence-corrected chi connectivity index (χ4v) is 2.70. The van der Waals surface area contributed by atoms with E-state index in [2.05, 4.69) is 11.8 Å². The average molecular weight is 330 g/mol. The number of benzene rings is 1. The predicted molar refractivity (Wildman–Crippen MR) is 91.9 cm³/mol. The first-order chi connectivity index (χ1) is 10.2. The van der Waals surface area contributed by atoms with Crippen LogP contribution in [0.4, 0.5) is 0 Å². The van der Waals surface area contributed by atoms with Crippen molar-refractivity contribution in [2.24, 2.45) is 0 Å². The minimum absolute atomic E-state index is 0. The normalized spacial score (nSPS) is 17.8. The molecular weight excluding hydrogens is 302 g/mol. The summed E-state index contributed by atoms with van der Waals surface area (Å²) in [5, 5.41) is 17.3. The fourth-order valence-electron chi connectivity index (χ4n) is 2.70. The summed E-state index contributed by atoms with van der Waals surface area (Å²) < 4.78 is 0. The van der Waals surface area contributed by atoms with Crippen molar-refractivity contribution in [1.82, 2.24) is 4.90 Å². The SMILES string of the molecule is CCCN1CCCCC1CCO.Cl.O=C(O)c1ccccc1. The lowest BCUT2D eigenvalue weighted by atomic mass is 9.99. The number of hydrogen-bond donors (Lipinski definition) is 2. The summed E-state index contributed by atoms with van der Waals surface area (Å²) in [5.41, 5.74) is 0.331. The van der Waals surface area contributed by atoms with Crippen molar-refractivity contribution < 1.29 is 15.0 Å². The van der Waals surface area contributed by atoms with Crippen molar-refractivity contribution >= 4 is 18.4 Å². The van der Waals surface area contributed by atoms with Crippen LogP contribution in [0, 0.1) is 0 Å². The first-order valence-electron chi connectivity index (χ1n) is 7.82. The number of piperidine rings is 1. The minimum Gasteiger partial charge on any atom is -0.478 e. The molecule has 4 nitrogen and oxygen atoms in total. The van der Waals surface area contributed by atoms with Gasteiger partial charge in [-0.05, 0) is 50.9 Å². The van der Waals surface area contributed by atoms with Gasteiger partial charge >= 0.3 is 5.97 Å². The van der Waals surface area contributed by atoms with E-state index in [9.17, 15) is 4.79 Å². The number of rotatable bonds is 5. The molecule has 2 N–H and O–H groups in total. The lowest BCUT2D eigenvalue weighted by Crippen LogP contribution is -2.40. The van der Waals surface area contributed by atoms with E-state index in [-0.39, 0.29) is 12.4 Å². The lowest BCUT2D eigenvalue weighted by Gasteiger charge is -2.35. The Kier molecular flexibility index (Phi) is 11.8. The van der Waals surface area contributed by atoms with Crippen molar-refractivity contribution in [1.29, 1.82) is 0 Å². The van der Waals surface area contributed by atoms with Crippen LogP contribution in [0.2, 0.25) is 0 Å². The molecule has 0 aliphatic carbocycles. The van der Waals surface area contributed by atoms with Gasteiger partial charge < -0.3 is 15.1 Å². The summed E-state index contributed by atoms with van der Waals surface area (Å²) in [4.78, 5) is 12.7. The van der Waals surface area contributed by atoms with Crippen molar-refractivity contribution in [2.75, 3.05) is 19.7 Å². The summed E-state index contributed by atoms with van der Waals surface area (Å²) >= 11 is 0. The van der Waals surface area contributed by atoms with Gasteiger partial charge in [0.05, 0.1) is 5.56 Å². The van der Waals surface area contributed by atoms with Crippen molar-refractivity contribution in [2.45, 2.75) is 45.1 Å². The second-order valence-corrected chi connectivity index (χ2v) is 5.37. The smallest absolute Gasteiger partial charge is 0.335 e. The van der Waals surface area contributed by atoms with E-state index in [4.69, 9.17) is 10.2 Å². The Labute approximate surface area is 139 Å². The molecule has 1 atom stereocenters. The number of halogens is 1. The summed E-state index contributed by atoms with van der Waals surface area (Å²) in [6.45, 7) is 5.04. The van der Waals surface area contributed by atoms with Crippen molar-refractivity contribution in [3.63, 3.8) is 0 Å². The number of nitrogens with zero attached hydrogens (tertiary/aromatic N) is 1. The van der Waals surface area contributed by atoms with Crippen molar-refractivity contribution in [3.05, 3.63) is 35.9 Å². The average Bonchev–Trinajstić information content (AvgIpc) is 2.51. The fraction of sp³-hybridized carbons (Fsp3) is 0.588. The molecule has 1 fully saturated rings. The quantitative estimate of drug-likeness (QED) is 0.868. The van der Waals surface area contributed by atoms with Crippen LogP contribution in [0.3, 0.4) is 0 Å². The molecule has 0 radical (unpaired) electrons. The van der Waals surface area contributed by atoms with Crippen LogP contribution in [0.1, 0.15) is 49.4 Å².